The van der Waals surface area contributed by atoms with Crippen LogP contribution in [-0.2, 0) is 18.3 Å². The summed E-state index contributed by atoms with van der Waals surface area (Å²) in [5.74, 6) is 0.897. The van der Waals surface area contributed by atoms with E-state index in [4.69, 9.17) is 9.47 Å². The Kier molecular flexibility index (Phi) is 4.22. The van der Waals surface area contributed by atoms with Crippen molar-refractivity contribution in [3.8, 4) is 5.75 Å². The summed E-state index contributed by atoms with van der Waals surface area (Å²) >= 11 is 0. The maximum Gasteiger partial charge on any atom is 0.118 e. The number of rotatable bonds is 4. The van der Waals surface area contributed by atoms with Crippen LogP contribution >= 0.6 is 0 Å². The molecule has 2 aromatic rings. The van der Waals surface area contributed by atoms with E-state index in [-0.39, 0.29) is 6.10 Å². The number of morpholine rings is 1. The van der Waals surface area contributed by atoms with E-state index in [0.29, 0.717) is 0 Å². The Morgan fingerprint density at radius 2 is 2.14 bits per heavy atom. The molecule has 1 aromatic heterocycles. The third-order valence-corrected chi connectivity index (χ3v) is 3.81. The van der Waals surface area contributed by atoms with Crippen molar-refractivity contribution in [1.82, 2.24) is 14.7 Å². The molecule has 112 valence electrons. The lowest BCUT2D eigenvalue weighted by atomic mass is 10.1. The Labute approximate surface area is 125 Å². The van der Waals surface area contributed by atoms with E-state index in [0.717, 1.165) is 37.6 Å². The normalized spacial score (nSPS) is 19.6. The first-order valence-corrected chi connectivity index (χ1v) is 7.20. The number of aromatic nitrogens is 2. The van der Waals surface area contributed by atoms with Gasteiger partial charge in [-0.3, -0.25) is 9.58 Å². The molecular formula is C16H21N3O2. The van der Waals surface area contributed by atoms with Crippen LogP contribution in [0.5, 0.6) is 5.75 Å². The average Bonchev–Trinajstić information content (AvgIpc) is 2.95. The second-order valence-electron chi connectivity index (χ2n) is 5.39. The van der Waals surface area contributed by atoms with Gasteiger partial charge in [-0.05, 0) is 17.7 Å². The van der Waals surface area contributed by atoms with E-state index in [1.165, 1.54) is 5.56 Å². The minimum Gasteiger partial charge on any atom is -0.497 e. The Morgan fingerprint density at radius 1 is 1.33 bits per heavy atom. The molecule has 0 bridgehead atoms. The van der Waals surface area contributed by atoms with Crippen LogP contribution in [0.4, 0.5) is 0 Å². The summed E-state index contributed by atoms with van der Waals surface area (Å²) < 4.78 is 12.9. The molecule has 0 aliphatic carbocycles. The first kappa shape index (κ1) is 14.1. The van der Waals surface area contributed by atoms with Crippen molar-refractivity contribution in [2.45, 2.75) is 12.6 Å². The van der Waals surface area contributed by atoms with Gasteiger partial charge in [0.25, 0.3) is 0 Å². The third-order valence-electron chi connectivity index (χ3n) is 3.81. The topological polar surface area (TPSA) is 39.5 Å². The molecule has 0 radical (unpaired) electrons. The highest BCUT2D eigenvalue weighted by Crippen LogP contribution is 2.23. The number of hydrogen-bond acceptors (Lipinski definition) is 4. The highest BCUT2D eigenvalue weighted by molar-refractivity contribution is 5.27. The van der Waals surface area contributed by atoms with Gasteiger partial charge in [-0.15, -0.1) is 0 Å². The quantitative estimate of drug-likeness (QED) is 0.862. The monoisotopic (exact) mass is 287 g/mol. The van der Waals surface area contributed by atoms with E-state index in [2.05, 4.69) is 22.1 Å². The molecule has 0 N–H and O–H groups in total. The number of aryl methyl sites for hydroxylation is 1. The van der Waals surface area contributed by atoms with Crippen molar-refractivity contribution >= 4 is 0 Å². The summed E-state index contributed by atoms with van der Waals surface area (Å²) in [6.45, 7) is 3.56. The zero-order chi connectivity index (χ0) is 14.7. The van der Waals surface area contributed by atoms with E-state index >= 15 is 0 Å². The van der Waals surface area contributed by atoms with Crippen LogP contribution in [0.3, 0.4) is 0 Å². The minimum atomic E-state index is 0.116. The van der Waals surface area contributed by atoms with Crippen molar-refractivity contribution in [2.75, 3.05) is 26.8 Å². The number of nitrogens with zero attached hydrogens (tertiary/aromatic N) is 3. The first-order chi connectivity index (χ1) is 10.2. The molecule has 0 amide bonds. The molecule has 3 rings (SSSR count). The van der Waals surface area contributed by atoms with E-state index in [9.17, 15) is 0 Å². The Bertz CT molecular complexity index is 579. The molecule has 1 aromatic carbocycles. The number of methoxy groups -OCH3 is 1. The molecular weight excluding hydrogens is 266 g/mol. The molecule has 0 saturated carbocycles. The predicted octanol–water partition coefficient (Wildman–Crippen LogP) is 2.00. The maximum atomic E-state index is 5.87. The van der Waals surface area contributed by atoms with Gasteiger partial charge in [-0.25, -0.2) is 0 Å². The lowest BCUT2D eigenvalue weighted by Gasteiger charge is -2.32. The maximum absolute atomic E-state index is 5.87. The van der Waals surface area contributed by atoms with Gasteiger partial charge >= 0.3 is 0 Å². The zero-order valence-electron chi connectivity index (χ0n) is 12.5. The smallest absolute Gasteiger partial charge is 0.118 e. The number of hydrogen-bond donors (Lipinski definition) is 0. The van der Waals surface area contributed by atoms with Gasteiger partial charge in [0.15, 0.2) is 0 Å². The second-order valence-corrected chi connectivity index (χ2v) is 5.39. The standard InChI is InChI=1S/C16H21N3O2/c1-18-11-14(9-17-18)16-12-19(7-8-21-16)10-13-3-5-15(20-2)6-4-13/h3-6,9,11,16H,7-8,10,12H2,1-2H3/t16-/m0/s1. The van der Waals surface area contributed by atoms with E-state index in [1.54, 1.807) is 7.11 Å². The molecule has 2 heterocycles. The van der Waals surface area contributed by atoms with Crippen LogP contribution in [-0.4, -0.2) is 41.5 Å². The van der Waals surface area contributed by atoms with Gasteiger partial charge in [0.1, 0.15) is 5.75 Å². The van der Waals surface area contributed by atoms with Crippen LogP contribution in [0.15, 0.2) is 36.7 Å². The Hall–Kier alpha value is -1.85. The van der Waals surface area contributed by atoms with Crippen LogP contribution in [0.2, 0.25) is 0 Å². The number of ether oxygens (including phenoxy) is 2. The summed E-state index contributed by atoms with van der Waals surface area (Å²) in [5.41, 5.74) is 2.44. The van der Waals surface area contributed by atoms with E-state index in [1.807, 2.05) is 36.3 Å². The van der Waals surface area contributed by atoms with E-state index < -0.39 is 0 Å². The molecule has 1 atom stereocenters. The molecule has 1 fully saturated rings. The Balaban J connectivity index is 1.62. The molecule has 0 unspecified atom stereocenters. The van der Waals surface area contributed by atoms with Crippen LogP contribution in [0.1, 0.15) is 17.2 Å². The molecule has 5 heteroatoms. The first-order valence-electron chi connectivity index (χ1n) is 7.20. The van der Waals surface area contributed by atoms with Gasteiger partial charge < -0.3 is 9.47 Å². The highest BCUT2D eigenvalue weighted by Gasteiger charge is 2.22. The van der Waals surface area contributed by atoms with Crippen LogP contribution < -0.4 is 4.74 Å². The van der Waals surface area contributed by atoms with Crippen LogP contribution in [0.25, 0.3) is 0 Å². The fraction of sp³-hybridized carbons (Fsp3) is 0.438. The fourth-order valence-electron chi connectivity index (χ4n) is 2.64. The van der Waals surface area contributed by atoms with Crippen molar-refractivity contribution in [2.24, 2.45) is 7.05 Å². The number of benzene rings is 1. The molecule has 1 aliphatic rings. The lowest BCUT2D eigenvalue weighted by Crippen LogP contribution is -2.37. The average molecular weight is 287 g/mol. The lowest BCUT2D eigenvalue weighted by molar-refractivity contribution is -0.0329. The van der Waals surface area contributed by atoms with Crippen molar-refractivity contribution in [3.05, 3.63) is 47.8 Å². The predicted molar refractivity (Wildman–Crippen MR) is 80.2 cm³/mol. The van der Waals surface area contributed by atoms with Crippen LogP contribution in [0, 0.1) is 0 Å². The SMILES string of the molecule is COc1ccc(CN2CCO[C@H](c3cnn(C)c3)C2)cc1. The third kappa shape index (κ3) is 3.43. The summed E-state index contributed by atoms with van der Waals surface area (Å²) in [5, 5.41) is 4.22. The molecule has 1 aliphatic heterocycles. The summed E-state index contributed by atoms with van der Waals surface area (Å²) in [4.78, 5) is 2.42. The van der Waals surface area contributed by atoms with Crippen molar-refractivity contribution < 1.29 is 9.47 Å². The summed E-state index contributed by atoms with van der Waals surface area (Å²) in [6.07, 6.45) is 4.04. The minimum absolute atomic E-state index is 0.116. The fourth-order valence-corrected chi connectivity index (χ4v) is 2.64. The van der Waals surface area contributed by atoms with Crippen molar-refractivity contribution in [1.29, 1.82) is 0 Å². The molecule has 0 spiro atoms. The largest absolute Gasteiger partial charge is 0.497 e. The van der Waals surface area contributed by atoms with Gasteiger partial charge in [-0.1, -0.05) is 12.1 Å². The Morgan fingerprint density at radius 3 is 2.81 bits per heavy atom. The van der Waals surface area contributed by atoms with Gasteiger partial charge in [0.05, 0.1) is 26.0 Å². The summed E-state index contributed by atoms with van der Waals surface area (Å²) in [7, 11) is 3.62. The zero-order valence-corrected chi connectivity index (χ0v) is 12.5. The molecule has 21 heavy (non-hydrogen) atoms. The van der Waals surface area contributed by atoms with Gasteiger partial charge in [0.2, 0.25) is 0 Å². The summed E-state index contributed by atoms with van der Waals surface area (Å²) in [6, 6.07) is 8.25. The second kappa shape index (κ2) is 6.28. The molecule has 5 nitrogen and oxygen atoms in total. The van der Waals surface area contributed by atoms with Gasteiger partial charge in [-0.2, -0.15) is 5.10 Å². The van der Waals surface area contributed by atoms with Gasteiger partial charge in [0, 0.05) is 38.4 Å². The van der Waals surface area contributed by atoms with Crippen molar-refractivity contribution in [3.63, 3.8) is 0 Å². The highest BCUT2D eigenvalue weighted by atomic mass is 16.5. The molecule has 1 saturated heterocycles.